The summed E-state index contributed by atoms with van der Waals surface area (Å²) in [6.07, 6.45) is 1.91. The second kappa shape index (κ2) is 4.22. The van der Waals surface area contributed by atoms with Crippen molar-refractivity contribution in [1.29, 1.82) is 0 Å². The van der Waals surface area contributed by atoms with Crippen LogP contribution in [0.4, 0.5) is 0 Å². The molecule has 12 heavy (non-hydrogen) atoms. The zero-order chi connectivity index (χ0) is 9.78. The van der Waals surface area contributed by atoms with Crippen LogP contribution in [-0.2, 0) is 14.9 Å². The van der Waals surface area contributed by atoms with Gasteiger partial charge >= 0.3 is 16.1 Å². The van der Waals surface area contributed by atoms with Crippen LogP contribution in [0, 0.1) is 0 Å². The van der Waals surface area contributed by atoms with Crippen molar-refractivity contribution in [3.05, 3.63) is 11.0 Å². The van der Waals surface area contributed by atoms with Crippen molar-refractivity contribution in [2.24, 2.45) is 0 Å². The number of carboxylic acids is 1. The molecule has 0 aromatic carbocycles. The first-order chi connectivity index (χ1) is 5.39. The van der Waals surface area contributed by atoms with Gasteiger partial charge in [-0.1, -0.05) is 19.4 Å². The Kier molecular flexibility index (Phi) is 3.91. The molecule has 0 saturated heterocycles. The Morgan fingerprint density at radius 1 is 1.50 bits per heavy atom. The summed E-state index contributed by atoms with van der Waals surface area (Å²) in [6, 6.07) is 0. The molecular formula is C6H10O5S. The Bertz CT molecular complexity index is 287. The van der Waals surface area contributed by atoms with Crippen LogP contribution in [0.1, 0.15) is 19.8 Å². The van der Waals surface area contributed by atoms with E-state index in [-0.39, 0.29) is 0 Å². The van der Waals surface area contributed by atoms with Crippen molar-refractivity contribution >= 4 is 16.1 Å². The van der Waals surface area contributed by atoms with E-state index in [2.05, 4.69) is 0 Å². The summed E-state index contributed by atoms with van der Waals surface area (Å²) < 4.78 is 29.2. The average molecular weight is 194 g/mol. The average Bonchev–Trinajstić information content (AvgIpc) is 1.84. The highest BCUT2D eigenvalue weighted by molar-refractivity contribution is 7.90. The molecule has 0 heterocycles. The maximum atomic E-state index is 10.4. The standard InChI is InChI=1S/C6H10O5S/c1-2-3-4-5(6(7)8)12(9,10)11/h4H,2-3H2,1H3,(H,7,8)(H,9,10,11)/b5-4+. The summed E-state index contributed by atoms with van der Waals surface area (Å²) in [7, 11) is -4.57. The van der Waals surface area contributed by atoms with Crippen LogP contribution < -0.4 is 0 Å². The zero-order valence-electron chi connectivity index (χ0n) is 6.52. The molecule has 0 saturated carbocycles. The van der Waals surface area contributed by atoms with Gasteiger partial charge in [0.2, 0.25) is 0 Å². The van der Waals surface area contributed by atoms with Crippen LogP contribution in [-0.4, -0.2) is 24.0 Å². The molecule has 0 aromatic heterocycles. The second-order valence-electron chi connectivity index (χ2n) is 2.14. The molecule has 0 amide bonds. The summed E-state index contributed by atoms with van der Waals surface area (Å²) in [6.45, 7) is 1.76. The van der Waals surface area contributed by atoms with Crippen molar-refractivity contribution in [2.45, 2.75) is 19.8 Å². The number of rotatable bonds is 4. The van der Waals surface area contributed by atoms with Crippen molar-refractivity contribution in [3.8, 4) is 0 Å². The number of aliphatic carboxylic acids is 1. The predicted molar refractivity (Wildman–Crippen MR) is 42.2 cm³/mol. The maximum Gasteiger partial charge on any atom is 0.349 e. The van der Waals surface area contributed by atoms with E-state index in [1.807, 2.05) is 0 Å². The van der Waals surface area contributed by atoms with Gasteiger partial charge in [0.15, 0.2) is 4.91 Å². The first-order valence-corrected chi connectivity index (χ1v) is 4.74. The first-order valence-electron chi connectivity index (χ1n) is 3.30. The molecule has 6 heteroatoms. The van der Waals surface area contributed by atoms with Crippen molar-refractivity contribution in [2.75, 3.05) is 0 Å². The lowest BCUT2D eigenvalue weighted by atomic mass is 10.3. The largest absolute Gasteiger partial charge is 0.477 e. The van der Waals surface area contributed by atoms with Crippen molar-refractivity contribution < 1.29 is 22.9 Å². The number of carboxylic acid groups (broad SMARTS) is 1. The van der Waals surface area contributed by atoms with Gasteiger partial charge in [0.05, 0.1) is 0 Å². The van der Waals surface area contributed by atoms with Crippen LogP contribution in [0.15, 0.2) is 11.0 Å². The molecule has 0 atom stereocenters. The smallest absolute Gasteiger partial charge is 0.349 e. The number of hydrogen-bond donors (Lipinski definition) is 2. The molecule has 0 aliphatic heterocycles. The molecule has 0 aliphatic rings. The fourth-order valence-corrected chi connectivity index (χ4v) is 1.13. The Morgan fingerprint density at radius 2 is 2.00 bits per heavy atom. The van der Waals surface area contributed by atoms with E-state index in [1.54, 1.807) is 6.92 Å². The van der Waals surface area contributed by atoms with E-state index in [1.165, 1.54) is 0 Å². The van der Waals surface area contributed by atoms with E-state index >= 15 is 0 Å². The predicted octanol–water partition coefficient (Wildman–Crippen LogP) is 0.643. The Balaban J connectivity index is 4.82. The van der Waals surface area contributed by atoms with E-state index in [0.717, 1.165) is 6.08 Å². The fourth-order valence-electron chi connectivity index (χ4n) is 0.578. The molecule has 2 N–H and O–H groups in total. The monoisotopic (exact) mass is 194 g/mol. The Labute approximate surface area is 70.5 Å². The van der Waals surface area contributed by atoms with Gasteiger partial charge < -0.3 is 5.11 Å². The van der Waals surface area contributed by atoms with E-state index < -0.39 is 21.0 Å². The highest BCUT2D eigenvalue weighted by Gasteiger charge is 2.20. The van der Waals surface area contributed by atoms with Crippen molar-refractivity contribution in [3.63, 3.8) is 0 Å². The lowest BCUT2D eigenvalue weighted by Gasteiger charge is -1.96. The molecule has 5 nitrogen and oxygen atoms in total. The summed E-state index contributed by atoms with van der Waals surface area (Å²) in [4.78, 5) is 9.29. The van der Waals surface area contributed by atoms with Gasteiger partial charge in [-0.3, -0.25) is 4.55 Å². The van der Waals surface area contributed by atoms with Crippen LogP contribution in [0.25, 0.3) is 0 Å². The third-order valence-corrected chi connectivity index (χ3v) is 2.00. The summed E-state index contributed by atoms with van der Waals surface area (Å²) in [5.41, 5.74) is 0. The van der Waals surface area contributed by atoms with E-state index in [0.29, 0.717) is 12.8 Å². The van der Waals surface area contributed by atoms with Gasteiger partial charge in [0, 0.05) is 0 Å². The molecule has 0 radical (unpaired) electrons. The van der Waals surface area contributed by atoms with Gasteiger partial charge in [0.1, 0.15) is 0 Å². The number of hydrogen-bond acceptors (Lipinski definition) is 3. The second-order valence-corrected chi connectivity index (χ2v) is 3.53. The summed E-state index contributed by atoms with van der Waals surface area (Å²) >= 11 is 0. The molecular weight excluding hydrogens is 184 g/mol. The molecule has 0 aromatic rings. The first kappa shape index (κ1) is 11.1. The summed E-state index contributed by atoms with van der Waals surface area (Å²) in [5.74, 6) is -1.63. The molecule has 0 rings (SSSR count). The van der Waals surface area contributed by atoms with Crippen LogP contribution in [0.2, 0.25) is 0 Å². The van der Waals surface area contributed by atoms with Crippen LogP contribution in [0.5, 0.6) is 0 Å². The minimum atomic E-state index is -4.57. The topological polar surface area (TPSA) is 91.7 Å². The third kappa shape index (κ3) is 3.49. The normalized spacial score (nSPS) is 13.0. The van der Waals surface area contributed by atoms with Gasteiger partial charge in [-0.2, -0.15) is 8.42 Å². The van der Waals surface area contributed by atoms with Gasteiger partial charge in [-0.15, -0.1) is 0 Å². The maximum absolute atomic E-state index is 10.4. The minimum absolute atomic E-state index is 0.307. The quantitative estimate of drug-likeness (QED) is 0.506. The van der Waals surface area contributed by atoms with Gasteiger partial charge in [-0.05, 0) is 6.42 Å². The Morgan fingerprint density at radius 3 is 2.25 bits per heavy atom. The SMILES string of the molecule is CCC/C=C(\C(=O)O)S(=O)(=O)O. The van der Waals surface area contributed by atoms with Crippen LogP contribution in [0.3, 0.4) is 0 Å². The molecule has 0 bridgehead atoms. The Hall–Kier alpha value is -0.880. The zero-order valence-corrected chi connectivity index (χ0v) is 7.34. The van der Waals surface area contributed by atoms with E-state index in [4.69, 9.17) is 9.66 Å². The molecule has 70 valence electrons. The lowest BCUT2D eigenvalue weighted by Crippen LogP contribution is -2.11. The molecule has 0 aliphatic carbocycles. The number of unbranched alkanes of at least 4 members (excludes halogenated alkanes) is 1. The molecule has 0 fully saturated rings. The highest BCUT2D eigenvalue weighted by Crippen LogP contribution is 2.06. The molecule has 0 spiro atoms. The van der Waals surface area contributed by atoms with Gasteiger partial charge in [0.25, 0.3) is 0 Å². The van der Waals surface area contributed by atoms with E-state index in [9.17, 15) is 13.2 Å². The lowest BCUT2D eigenvalue weighted by molar-refractivity contribution is -0.131. The fraction of sp³-hybridized carbons (Fsp3) is 0.500. The molecule has 0 unspecified atom stereocenters. The van der Waals surface area contributed by atoms with Gasteiger partial charge in [-0.25, -0.2) is 4.79 Å². The number of carbonyl (C=O) groups is 1. The van der Waals surface area contributed by atoms with Crippen molar-refractivity contribution in [1.82, 2.24) is 0 Å². The van der Waals surface area contributed by atoms with Crippen LogP contribution >= 0.6 is 0 Å². The number of allylic oxidation sites excluding steroid dienone is 1. The summed E-state index contributed by atoms with van der Waals surface area (Å²) in [5, 5.41) is 8.33. The third-order valence-electron chi connectivity index (χ3n) is 1.11. The highest BCUT2D eigenvalue weighted by atomic mass is 32.2. The minimum Gasteiger partial charge on any atom is -0.477 e.